The van der Waals surface area contributed by atoms with E-state index in [2.05, 4.69) is 38.1 Å². The van der Waals surface area contributed by atoms with Gasteiger partial charge in [0.1, 0.15) is 0 Å². The van der Waals surface area contributed by atoms with Crippen LogP contribution >= 0.6 is 0 Å². The number of carboxylic acid groups (broad SMARTS) is 1. The fourth-order valence-electron chi connectivity index (χ4n) is 3.28. The third-order valence-electron chi connectivity index (χ3n) is 4.32. The smallest absolute Gasteiger partial charge is 0.307 e. The lowest BCUT2D eigenvalue weighted by Crippen LogP contribution is -2.19. The third kappa shape index (κ3) is 2.17. The lowest BCUT2D eigenvalue weighted by Gasteiger charge is -2.24. The first kappa shape index (κ1) is 13.6. The number of hydrogen-bond donors (Lipinski definition) is 1. The van der Waals surface area contributed by atoms with Gasteiger partial charge in [0.25, 0.3) is 0 Å². The fourth-order valence-corrected chi connectivity index (χ4v) is 3.28. The van der Waals surface area contributed by atoms with Gasteiger partial charge in [-0.2, -0.15) is 0 Å². The molecule has 0 aliphatic heterocycles. The van der Waals surface area contributed by atoms with Crippen LogP contribution in [0.1, 0.15) is 37.0 Å². The zero-order chi connectivity index (χ0) is 15.0. The minimum Gasteiger partial charge on any atom is -0.481 e. The Morgan fingerprint density at radius 3 is 2.29 bits per heavy atom. The first-order chi connectivity index (χ1) is 10.0. The van der Waals surface area contributed by atoms with E-state index in [1.54, 1.807) is 0 Å². The molecule has 0 atom stereocenters. The molecule has 0 saturated heterocycles. The quantitative estimate of drug-likeness (QED) is 0.911. The molecule has 2 heteroatoms. The standard InChI is InChI=1S/C19H18O2/c1-19(2)15-11-7-6-10-14(15)18(16(19)12-17(20)21)13-8-4-3-5-9-13/h3-11H,12H2,1-2H3,(H,20,21). The van der Waals surface area contributed by atoms with E-state index in [4.69, 9.17) is 0 Å². The normalized spacial score (nSPS) is 15.9. The van der Waals surface area contributed by atoms with Crippen LogP contribution in [-0.2, 0) is 10.2 Å². The van der Waals surface area contributed by atoms with Crippen LogP contribution in [0.25, 0.3) is 5.57 Å². The molecule has 0 spiro atoms. The molecular weight excluding hydrogens is 260 g/mol. The minimum atomic E-state index is -0.778. The largest absolute Gasteiger partial charge is 0.481 e. The van der Waals surface area contributed by atoms with Crippen molar-refractivity contribution in [1.82, 2.24) is 0 Å². The van der Waals surface area contributed by atoms with Crippen LogP contribution in [0.4, 0.5) is 0 Å². The lowest BCUT2D eigenvalue weighted by atomic mass is 9.79. The van der Waals surface area contributed by atoms with Crippen LogP contribution in [-0.4, -0.2) is 11.1 Å². The highest BCUT2D eigenvalue weighted by Gasteiger charge is 2.38. The number of hydrogen-bond acceptors (Lipinski definition) is 1. The van der Waals surface area contributed by atoms with Crippen LogP contribution in [0.3, 0.4) is 0 Å². The van der Waals surface area contributed by atoms with Gasteiger partial charge in [0.15, 0.2) is 0 Å². The van der Waals surface area contributed by atoms with Crippen LogP contribution in [0.15, 0.2) is 60.2 Å². The first-order valence-electron chi connectivity index (χ1n) is 7.12. The molecule has 3 rings (SSSR count). The van der Waals surface area contributed by atoms with Gasteiger partial charge >= 0.3 is 5.97 Å². The lowest BCUT2D eigenvalue weighted by molar-refractivity contribution is -0.136. The topological polar surface area (TPSA) is 37.3 Å². The van der Waals surface area contributed by atoms with E-state index < -0.39 is 5.97 Å². The van der Waals surface area contributed by atoms with Crippen LogP contribution in [0.2, 0.25) is 0 Å². The van der Waals surface area contributed by atoms with Crippen molar-refractivity contribution >= 4 is 11.5 Å². The van der Waals surface area contributed by atoms with E-state index in [0.29, 0.717) is 0 Å². The molecule has 106 valence electrons. The molecule has 0 saturated carbocycles. The highest BCUT2D eigenvalue weighted by molar-refractivity contribution is 5.92. The van der Waals surface area contributed by atoms with Gasteiger partial charge < -0.3 is 5.11 Å². The van der Waals surface area contributed by atoms with Crippen molar-refractivity contribution in [3.8, 4) is 0 Å². The number of carbonyl (C=O) groups is 1. The van der Waals surface area contributed by atoms with Gasteiger partial charge in [0, 0.05) is 5.41 Å². The SMILES string of the molecule is CC1(C)C(CC(=O)O)=C(c2ccccc2)c2ccccc21. The average molecular weight is 278 g/mol. The Labute approximate surface area is 124 Å². The number of fused-ring (bicyclic) bond motifs is 1. The van der Waals surface area contributed by atoms with E-state index in [9.17, 15) is 9.90 Å². The summed E-state index contributed by atoms with van der Waals surface area (Å²) in [5.74, 6) is -0.778. The molecule has 2 aromatic rings. The summed E-state index contributed by atoms with van der Waals surface area (Å²) < 4.78 is 0. The Balaban J connectivity index is 2.29. The third-order valence-corrected chi connectivity index (χ3v) is 4.32. The molecule has 2 nitrogen and oxygen atoms in total. The summed E-state index contributed by atoms with van der Waals surface area (Å²) in [6.45, 7) is 4.22. The van der Waals surface area contributed by atoms with Crippen LogP contribution in [0.5, 0.6) is 0 Å². The molecule has 0 amide bonds. The maximum atomic E-state index is 11.3. The van der Waals surface area contributed by atoms with Crippen molar-refractivity contribution in [1.29, 1.82) is 0 Å². The van der Waals surface area contributed by atoms with Crippen molar-refractivity contribution < 1.29 is 9.90 Å². The molecule has 0 bridgehead atoms. The fraction of sp³-hybridized carbons (Fsp3) is 0.211. The highest BCUT2D eigenvalue weighted by atomic mass is 16.4. The maximum Gasteiger partial charge on any atom is 0.307 e. The minimum absolute atomic E-state index is 0.0753. The summed E-state index contributed by atoms with van der Waals surface area (Å²) >= 11 is 0. The molecule has 0 heterocycles. The Kier molecular flexibility index (Phi) is 3.17. The van der Waals surface area contributed by atoms with Crippen molar-refractivity contribution in [2.45, 2.75) is 25.7 Å². The Hall–Kier alpha value is -2.35. The first-order valence-corrected chi connectivity index (χ1v) is 7.12. The maximum absolute atomic E-state index is 11.3. The van der Waals surface area contributed by atoms with E-state index >= 15 is 0 Å². The second-order valence-electron chi connectivity index (χ2n) is 5.96. The molecule has 0 unspecified atom stereocenters. The zero-order valence-electron chi connectivity index (χ0n) is 12.3. The van der Waals surface area contributed by atoms with Crippen molar-refractivity contribution in [3.05, 3.63) is 76.9 Å². The summed E-state index contributed by atoms with van der Waals surface area (Å²) in [6, 6.07) is 18.3. The van der Waals surface area contributed by atoms with Gasteiger partial charge in [-0.1, -0.05) is 68.4 Å². The Morgan fingerprint density at radius 1 is 1.00 bits per heavy atom. The van der Waals surface area contributed by atoms with Crippen molar-refractivity contribution in [3.63, 3.8) is 0 Å². The number of aliphatic carboxylic acids is 1. The van der Waals surface area contributed by atoms with E-state index in [0.717, 1.165) is 22.3 Å². The molecule has 21 heavy (non-hydrogen) atoms. The molecule has 0 fully saturated rings. The predicted octanol–water partition coefficient (Wildman–Crippen LogP) is 4.25. The molecular formula is C19H18O2. The Morgan fingerprint density at radius 2 is 1.62 bits per heavy atom. The molecule has 0 radical (unpaired) electrons. The summed E-state index contributed by atoms with van der Waals surface area (Å²) in [6.07, 6.45) is 0.0753. The number of benzene rings is 2. The van der Waals surface area contributed by atoms with E-state index in [1.807, 2.05) is 30.3 Å². The van der Waals surface area contributed by atoms with Gasteiger partial charge in [-0.15, -0.1) is 0 Å². The number of rotatable bonds is 3. The van der Waals surface area contributed by atoms with Gasteiger partial charge in [0.2, 0.25) is 0 Å². The van der Waals surface area contributed by atoms with Crippen LogP contribution in [0, 0.1) is 0 Å². The Bertz CT molecular complexity index is 724. The molecule has 2 aromatic carbocycles. The molecule has 0 aromatic heterocycles. The van der Waals surface area contributed by atoms with Gasteiger partial charge in [-0.05, 0) is 27.8 Å². The van der Waals surface area contributed by atoms with Gasteiger partial charge in [0.05, 0.1) is 6.42 Å². The summed E-state index contributed by atoms with van der Waals surface area (Å²) in [5.41, 5.74) is 5.28. The summed E-state index contributed by atoms with van der Waals surface area (Å²) in [5, 5.41) is 9.32. The van der Waals surface area contributed by atoms with Crippen molar-refractivity contribution in [2.75, 3.05) is 0 Å². The second-order valence-corrected chi connectivity index (χ2v) is 5.96. The average Bonchev–Trinajstić information content (AvgIpc) is 2.68. The van der Waals surface area contributed by atoms with Crippen molar-refractivity contribution in [2.24, 2.45) is 0 Å². The summed E-state index contributed by atoms with van der Waals surface area (Å²) in [4.78, 5) is 11.3. The highest BCUT2D eigenvalue weighted by Crippen LogP contribution is 2.49. The second kappa shape index (κ2) is 4.88. The van der Waals surface area contributed by atoms with E-state index in [1.165, 1.54) is 5.56 Å². The number of carboxylic acids is 1. The van der Waals surface area contributed by atoms with Gasteiger partial charge in [-0.3, -0.25) is 4.79 Å². The van der Waals surface area contributed by atoms with Crippen LogP contribution < -0.4 is 0 Å². The zero-order valence-corrected chi connectivity index (χ0v) is 12.3. The summed E-state index contributed by atoms with van der Waals surface area (Å²) in [7, 11) is 0. The monoisotopic (exact) mass is 278 g/mol. The van der Waals surface area contributed by atoms with E-state index in [-0.39, 0.29) is 11.8 Å². The molecule has 1 N–H and O–H groups in total. The molecule has 1 aliphatic rings. The van der Waals surface area contributed by atoms with Gasteiger partial charge in [-0.25, -0.2) is 0 Å². The predicted molar refractivity (Wildman–Crippen MR) is 84.2 cm³/mol. The molecule has 1 aliphatic carbocycles.